The molecular weight excluding hydrogens is 230 g/mol. The Morgan fingerprint density at radius 2 is 2.22 bits per heavy atom. The van der Waals surface area contributed by atoms with Crippen LogP contribution in [0, 0.1) is 0 Å². The molecule has 0 radical (unpaired) electrons. The molecule has 0 aliphatic heterocycles. The minimum absolute atomic E-state index is 0.134. The largest absolute Gasteiger partial charge is 0.370 e. The summed E-state index contributed by atoms with van der Waals surface area (Å²) < 4.78 is 0. The van der Waals surface area contributed by atoms with Gasteiger partial charge in [-0.2, -0.15) is 4.98 Å². The first kappa shape index (κ1) is 14.2. The molecule has 0 aliphatic rings. The number of carbonyl (C=O) groups is 1. The Hall–Kier alpha value is -1.85. The number of rotatable bonds is 6. The molecule has 0 saturated heterocycles. The van der Waals surface area contributed by atoms with Crippen molar-refractivity contribution >= 4 is 17.7 Å². The van der Waals surface area contributed by atoms with Crippen LogP contribution in [0.25, 0.3) is 0 Å². The van der Waals surface area contributed by atoms with Gasteiger partial charge < -0.3 is 16.0 Å². The van der Waals surface area contributed by atoms with Gasteiger partial charge in [-0.05, 0) is 12.8 Å². The molecule has 6 heteroatoms. The van der Waals surface area contributed by atoms with Gasteiger partial charge in [-0.1, -0.05) is 6.92 Å². The average Bonchev–Trinajstić information content (AvgIpc) is 2.34. The number of hydrogen-bond acceptors (Lipinski definition) is 5. The molecule has 0 unspecified atom stereocenters. The van der Waals surface area contributed by atoms with Gasteiger partial charge in [0.05, 0.1) is 0 Å². The standard InChI is InChI=1S/C12H21N5O/c1-4-9-8-15-12(13)16-11(9)14-7-5-6-10(18)17(2)3/h8H,4-7H2,1-3H3,(H3,13,14,15,16). The van der Waals surface area contributed by atoms with E-state index >= 15 is 0 Å². The zero-order valence-corrected chi connectivity index (χ0v) is 11.2. The van der Waals surface area contributed by atoms with Gasteiger partial charge in [0.15, 0.2) is 0 Å². The van der Waals surface area contributed by atoms with Crippen LogP contribution in [-0.4, -0.2) is 41.4 Å². The maximum atomic E-state index is 11.4. The summed E-state index contributed by atoms with van der Waals surface area (Å²) in [4.78, 5) is 21.1. The van der Waals surface area contributed by atoms with Gasteiger partial charge in [-0.3, -0.25) is 4.79 Å². The molecule has 18 heavy (non-hydrogen) atoms. The molecule has 3 N–H and O–H groups in total. The van der Waals surface area contributed by atoms with Crippen molar-refractivity contribution in [1.82, 2.24) is 14.9 Å². The van der Waals surface area contributed by atoms with E-state index in [1.54, 1.807) is 25.2 Å². The van der Waals surface area contributed by atoms with E-state index in [4.69, 9.17) is 5.73 Å². The van der Waals surface area contributed by atoms with E-state index in [1.165, 1.54) is 0 Å². The van der Waals surface area contributed by atoms with Crippen molar-refractivity contribution in [2.45, 2.75) is 26.2 Å². The number of aryl methyl sites for hydroxylation is 1. The van der Waals surface area contributed by atoms with Crippen molar-refractivity contribution in [1.29, 1.82) is 0 Å². The summed E-state index contributed by atoms with van der Waals surface area (Å²) in [6, 6.07) is 0. The summed E-state index contributed by atoms with van der Waals surface area (Å²) in [5, 5.41) is 3.20. The zero-order valence-electron chi connectivity index (χ0n) is 11.2. The number of hydrogen-bond donors (Lipinski definition) is 2. The summed E-state index contributed by atoms with van der Waals surface area (Å²) in [5.41, 5.74) is 6.58. The van der Waals surface area contributed by atoms with E-state index in [0.717, 1.165) is 24.2 Å². The van der Waals surface area contributed by atoms with Crippen LogP contribution in [0.3, 0.4) is 0 Å². The first-order valence-corrected chi connectivity index (χ1v) is 6.10. The quantitative estimate of drug-likeness (QED) is 0.734. The molecule has 1 rings (SSSR count). The van der Waals surface area contributed by atoms with Gasteiger partial charge in [0.1, 0.15) is 5.82 Å². The van der Waals surface area contributed by atoms with Crippen molar-refractivity contribution in [3.05, 3.63) is 11.8 Å². The van der Waals surface area contributed by atoms with Crippen LogP contribution in [0.15, 0.2) is 6.20 Å². The summed E-state index contributed by atoms with van der Waals surface area (Å²) in [6.45, 7) is 2.73. The first-order valence-electron chi connectivity index (χ1n) is 6.10. The van der Waals surface area contributed by atoms with Gasteiger partial charge >= 0.3 is 0 Å². The fourth-order valence-electron chi connectivity index (χ4n) is 1.50. The SMILES string of the molecule is CCc1cnc(N)nc1NCCCC(=O)N(C)C. The third kappa shape index (κ3) is 4.20. The fourth-order valence-corrected chi connectivity index (χ4v) is 1.50. The van der Waals surface area contributed by atoms with Gasteiger partial charge in [0, 0.05) is 38.8 Å². The molecule has 0 bridgehead atoms. The van der Waals surface area contributed by atoms with Gasteiger partial charge in [-0.25, -0.2) is 4.98 Å². The maximum Gasteiger partial charge on any atom is 0.222 e. The van der Waals surface area contributed by atoms with Gasteiger partial charge in [-0.15, -0.1) is 0 Å². The van der Waals surface area contributed by atoms with E-state index in [1.807, 2.05) is 6.92 Å². The number of nitrogens with two attached hydrogens (primary N) is 1. The van der Waals surface area contributed by atoms with Crippen molar-refractivity contribution in [2.75, 3.05) is 31.7 Å². The second-order valence-corrected chi connectivity index (χ2v) is 4.27. The van der Waals surface area contributed by atoms with Crippen molar-refractivity contribution in [3.63, 3.8) is 0 Å². The first-order chi connectivity index (χ1) is 8.54. The van der Waals surface area contributed by atoms with Crippen LogP contribution < -0.4 is 11.1 Å². The molecule has 1 aromatic rings. The Kier molecular flexibility index (Phi) is 5.35. The van der Waals surface area contributed by atoms with Crippen molar-refractivity contribution in [2.24, 2.45) is 0 Å². The van der Waals surface area contributed by atoms with Crippen LogP contribution >= 0.6 is 0 Å². The van der Waals surface area contributed by atoms with E-state index in [-0.39, 0.29) is 11.9 Å². The lowest BCUT2D eigenvalue weighted by Gasteiger charge is -2.12. The number of nitrogens with zero attached hydrogens (tertiary/aromatic N) is 3. The van der Waals surface area contributed by atoms with Gasteiger partial charge in [0.25, 0.3) is 0 Å². The number of amides is 1. The lowest BCUT2D eigenvalue weighted by Crippen LogP contribution is -2.22. The predicted molar refractivity (Wildman–Crippen MR) is 72.2 cm³/mol. The van der Waals surface area contributed by atoms with E-state index in [2.05, 4.69) is 15.3 Å². The normalized spacial score (nSPS) is 10.2. The Labute approximate surface area is 108 Å². The third-order valence-electron chi connectivity index (χ3n) is 2.62. The van der Waals surface area contributed by atoms with Crippen LogP contribution in [0.2, 0.25) is 0 Å². The van der Waals surface area contributed by atoms with Crippen LogP contribution in [0.4, 0.5) is 11.8 Å². The molecule has 1 aromatic heterocycles. The fraction of sp³-hybridized carbons (Fsp3) is 0.583. The summed E-state index contributed by atoms with van der Waals surface area (Å²) in [7, 11) is 3.52. The summed E-state index contributed by atoms with van der Waals surface area (Å²) in [5.74, 6) is 1.16. The Morgan fingerprint density at radius 1 is 1.50 bits per heavy atom. The monoisotopic (exact) mass is 251 g/mol. The number of carbonyl (C=O) groups excluding carboxylic acids is 1. The van der Waals surface area contributed by atoms with Crippen LogP contribution in [0.1, 0.15) is 25.3 Å². The third-order valence-corrected chi connectivity index (χ3v) is 2.62. The Morgan fingerprint density at radius 3 is 2.83 bits per heavy atom. The molecule has 100 valence electrons. The van der Waals surface area contributed by atoms with Crippen LogP contribution in [0.5, 0.6) is 0 Å². The number of anilines is 2. The minimum Gasteiger partial charge on any atom is -0.370 e. The number of nitrogen functional groups attached to an aromatic ring is 1. The second-order valence-electron chi connectivity index (χ2n) is 4.27. The van der Waals surface area contributed by atoms with E-state index < -0.39 is 0 Å². The lowest BCUT2D eigenvalue weighted by atomic mass is 10.2. The molecule has 6 nitrogen and oxygen atoms in total. The average molecular weight is 251 g/mol. The highest BCUT2D eigenvalue weighted by Gasteiger charge is 2.05. The molecule has 0 saturated carbocycles. The summed E-state index contributed by atoms with van der Waals surface area (Å²) in [6.07, 6.45) is 3.88. The molecular formula is C12H21N5O. The predicted octanol–water partition coefficient (Wildman–Crippen LogP) is 0.901. The van der Waals surface area contributed by atoms with E-state index in [0.29, 0.717) is 13.0 Å². The highest BCUT2D eigenvalue weighted by Crippen LogP contribution is 2.13. The van der Waals surface area contributed by atoms with E-state index in [9.17, 15) is 4.79 Å². The van der Waals surface area contributed by atoms with Crippen LogP contribution in [-0.2, 0) is 11.2 Å². The number of nitrogens with one attached hydrogen (secondary N) is 1. The molecule has 0 spiro atoms. The number of aromatic nitrogens is 2. The van der Waals surface area contributed by atoms with Gasteiger partial charge in [0.2, 0.25) is 11.9 Å². The zero-order chi connectivity index (χ0) is 13.5. The molecule has 1 amide bonds. The highest BCUT2D eigenvalue weighted by atomic mass is 16.2. The maximum absolute atomic E-state index is 11.4. The molecule has 0 atom stereocenters. The summed E-state index contributed by atoms with van der Waals surface area (Å²) >= 11 is 0. The molecule has 1 heterocycles. The van der Waals surface area contributed by atoms with Crippen molar-refractivity contribution in [3.8, 4) is 0 Å². The molecule has 0 aliphatic carbocycles. The highest BCUT2D eigenvalue weighted by molar-refractivity contribution is 5.75. The molecule has 0 fully saturated rings. The Balaban J connectivity index is 2.44. The smallest absolute Gasteiger partial charge is 0.222 e. The van der Waals surface area contributed by atoms with Crippen molar-refractivity contribution < 1.29 is 4.79 Å². The minimum atomic E-state index is 0.134. The molecule has 0 aromatic carbocycles. The topological polar surface area (TPSA) is 84.1 Å². The second kappa shape index (κ2) is 6.78. The Bertz CT molecular complexity index is 405. The lowest BCUT2D eigenvalue weighted by molar-refractivity contribution is -0.128.